The topological polar surface area (TPSA) is 38.0 Å². The van der Waals surface area contributed by atoms with E-state index < -0.39 is 0 Å². The summed E-state index contributed by atoms with van der Waals surface area (Å²) < 4.78 is 0. The highest BCUT2D eigenvalue weighted by Crippen LogP contribution is 2.23. The monoisotopic (exact) mass is 242 g/mol. The van der Waals surface area contributed by atoms with Crippen LogP contribution in [0, 0.1) is 6.92 Å². The molecule has 3 N–H and O–H groups in total. The molecular weight excluding hydrogens is 220 g/mol. The first kappa shape index (κ1) is 13.1. The summed E-state index contributed by atoms with van der Waals surface area (Å²) in [5.41, 5.74) is 8.25. The minimum absolute atomic E-state index is 0.402. The molecule has 0 amide bonds. The Morgan fingerprint density at radius 3 is 2.56 bits per heavy atom. The van der Waals surface area contributed by atoms with E-state index in [0.29, 0.717) is 6.04 Å². The van der Waals surface area contributed by atoms with E-state index in [0.717, 1.165) is 19.4 Å². The Bertz CT molecular complexity index is 519. The molecule has 1 atom stereocenters. The van der Waals surface area contributed by atoms with Crippen LogP contribution < -0.4 is 11.1 Å². The summed E-state index contributed by atoms with van der Waals surface area (Å²) in [5, 5.41) is 6.00. The second-order valence-electron chi connectivity index (χ2n) is 4.88. The summed E-state index contributed by atoms with van der Waals surface area (Å²) in [5.74, 6) is 0. The van der Waals surface area contributed by atoms with Crippen LogP contribution in [0.4, 0.5) is 0 Å². The molecular formula is C16H22N2. The van der Waals surface area contributed by atoms with Crippen LogP contribution in [-0.4, -0.2) is 13.6 Å². The van der Waals surface area contributed by atoms with Crippen LogP contribution in [0.1, 0.15) is 30.0 Å². The van der Waals surface area contributed by atoms with E-state index in [4.69, 9.17) is 5.73 Å². The molecule has 0 aromatic heterocycles. The molecule has 96 valence electrons. The van der Waals surface area contributed by atoms with Crippen molar-refractivity contribution in [2.24, 2.45) is 5.73 Å². The lowest BCUT2D eigenvalue weighted by atomic mass is 9.98. The summed E-state index contributed by atoms with van der Waals surface area (Å²) in [4.78, 5) is 0. The van der Waals surface area contributed by atoms with Crippen molar-refractivity contribution in [3.05, 3.63) is 47.5 Å². The zero-order valence-corrected chi connectivity index (χ0v) is 11.2. The molecule has 1 unspecified atom stereocenters. The van der Waals surface area contributed by atoms with Gasteiger partial charge in [0.1, 0.15) is 0 Å². The Balaban J connectivity index is 2.30. The van der Waals surface area contributed by atoms with E-state index in [1.807, 2.05) is 7.05 Å². The first-order valence-electron chi connectivity index (χ1n) is 6.62. The quantitative estimate of drug-likeness (QED) is 0.845. The van der Waals surface area contributed by atoms with Crippen molar-refractivity contribution in [1.29, 1.82) is 0 Å². The molecule has 0 aliphatic rings. The van der Waals surface area contributed by atoms with Gasteiger partial charge in [0.15, 0.2) is 0 Å². The number of nitrogens with two attached hydrogens (primary N) is 1. The van der Waals surface area contributed by atoms with Crippen LogP contribution in [-0.2, 0) is 0 Å². The molecule has 2 nitrogen and oxygen atoms in total. The lowest BCUT2D eigenvalue weighted by Gasteiger charge is -2.17. The second kappa shape index (κ2) is 5.98. The second-order valence-corrected chi connectivity index (χ2v) is 4.88. The van der Waals surface area contributed by atoms with Crippen molar-refractivity contribution in [1.82, 2.24) is 5.32 Å². The Labute approximate surface area is 109 Å². The third kappa shape index (κ3) is 2.89. The molecule has 2 aromatic rings. The van der Waals surface area contributed by atoms with Gasteiger partial charge in [-0.3, -0.25) is 0 Å². The smallest absolute Gasteiger partial charge is 0.0318 e. The largest absolute Gasteiger partial charge is 0.330 e. The molecule has 0 aliphatic heterocycles. The molecule has 0 spiro atoms. The van der Waals surface area contributed by atoms with Crippen molar-refractivity contribution >= 4 is 10.8 Å². The molecule has 18 heavy (non-hydrogen) atoms. The molecule has 2 heteroatoms. The van der Waals surface area contributed by atoms with Crippen LogP contribution in [0.3, 0.4) is 0 Å². The SMILES string of the molecule is CNC(CCCN)c1ccc2cc(C)ccc2c1. The molecule has 2 aromatic carbocycles. The maximum absolute atomic E-state index is 5.59. The number of benzene rings is 2. The number of hydrogen-bond acceptors (Lipinski definition) is 2. The van der Waals surface area contributed by atoms with E-state index in [1.165, 1.54) is 21.9 Å². The van der Waals surface area contributed by atoms with Crippen molar-refractivity contribution < 1.29 is 0 Å². The Kier molecular flexibility index (Phi) is 4.34. The summed E-state index contributed by atoms with van der Waals surface area (Å²) in [6.07, 6.45) is 2.14. The van der Waals surface area contributed by atoms with Gasteiger partial charge in [-0.2, -0.15) is 0 Å². The highest BCUT2D eigenvalue weighted by molar-refractivity contribution is 5.83. The number of aryl methyl sites for hydroxylation is 1. The maximum Gasteiger partial charge on any atom is 0.0318 e. The molecule has 0 radical (unpaired) electrons. The van der Waals surface area contributed by atoms with Gasteiger partial charge in [0, 0.05) is 6.04 Å². The first-order chi connectivity index (χ1) is 8.74. The van der Waals surface area contributed by atoms with Gasteiger partial charge in [0.05, 0.1) is 0 Å². The zero-order valence-electron chi connectivity index (χ0n) is 11.2. The van der Waals surface area contributed by atoms with Crippen LogP contribution in [0.15, 0.2) is 36.4 Å². The van der Waals surface area contributed by atoms with Gasteiger partial charge >= 0.3 is 0 Å². The standard InChI is InChI=1S/C16H22N2/c1-12-5-6-14-11-15(8-7-13(14)10-12)16(18-2)4-3-9-17/h5-8,10-11,16,18H,3-4,9,17H2,1-2H3. The average Bonchev–Trinajstić information content (AvgIpc) is 2.39. The van der Waals surface area contributed by atoms with Crippen molar-refractivity contribution in [3.63, 3.8) is 0 Å². The van der Waals surface area contributed by atoms with E-state index in [1.54, 1.807) is 0 Å². The van der Waals surface area contributed by atoms with Crippen molar-refractivity contribution in [3.8, 4) is 0 Å². The first-order valence-corrected chi connectivity index (χ1v) is 6.62. The number of hydrogen-bond donors (Lipinski definition) is 2. The van der Waals surface area contributed by atoms with Gasteiger partial charge in [-0.1, -0.05) is 35.9 Å². The molecule has 0 fully saturated rings. The van der Waals surface area contributed by atoms with Crippen molar-refractivity contribution in [2.75, 3.05) is 13.6 Å². The number of rotatable bonds is 5. The molecule has 2 rings (SSSR count). The van der Waals surface area contributed by atoms with Gasteiger partial charge < -0.3 is 11.1 Å². The normalized spacial score (nSPS) is 12.8. The summed E-state index contributed by atoms with van der Waals surface area (Å²) in [7, 11) is 2.01. The molecule has 0 heterocycles. The van der Waals surface area contributed by atoms with Crippen LogP contribution in [0.25, 0.3) is 10.8 Å². The fourth-order valence-corrected chi connectivity index (χ4v) is 2.40. The van der Waals surface area contributed by atoms with Gasteiger partial charge in [-0.05, 0) is 55.8 Å². The Morgan fingerprint density at radius 2 is 1.83 bits per heavy atom. The minimum Gasteiger partial charge on any atom is -0.330 e. The van der Waals surface area contributed by atoms with Gasteiger partial charge in [-0.25, -0.2) is 0 Å². The molecule has 0 saturated heterocycles. The number of nitrogens with one attached hydrogen (secondary N) is 1. The summed E-state index contributed by atoms with van der Waals surface area (Å²) in [6.45, 7) is 2.88. The third-order valence-electron chi connectivity index (χ3n) is 3.47. The van der Waals surface area contributed by atoms with E-state index >= 15 is 0 Å². The van der Waals surface area contributed by atoms with Crippen molar-refractivity contribution in [2.45, 2.75) is 25.8 Å². The van der Waals surface area contributed by atoms with E-state index in [9.17, 15) is 0 Å². The predicted octanol–water partition coefficient (Wildman–Crippen LogP) is 3.15. The lowest BCUT2D eigenvalue weighted by molar-refractivity contribution is 0.532. The summed E-state index contributed by atoms with van der Waals surface area (Å²) >= 11 is 0. The maximum atomic E-state index is 5.59. The van der Waals surface area contributed by atoms with Gasteiger partial charge in [-0.15, -0.1) is 0 Å². The highest BCUT2D eigenvalue weighted by Gasteiger charge is 2.08. The Morgan fingerprint density at radius 1 is 1.11 bits per heavy atom. The number of fused-ring (bicyclic) bond motifs is 1. The van der Waals surface area contributed by atoms with Crippen LogP contribution in [0.2, 0.25) is 0 Å². The fraction of sp³-hybridized carbons (Fsp3) is 0.375. The fourth-order valence-electron chi connectivity index (χ4n) is 2.40. The Hall–Kier alpha value is -1.38. The van der Waals surface area contributed by atoms with Gasteiger partial charge in [0.25, 0.3) is 0 Å². The molecule has 0 bridgehead atoms. The van der Waals surface area contributed by atoms with Gasteiger partial charge in [0.2, 0.25) is 0 Å². The minimum atomic E-state index is 0.402. The highest BCUT2D eigenvalue weighted by atomic mass is 14.9. The molecule has 0 aliphatic carbocycles. The van der Waals surface area contributed by atoms with Crippen LogP contribution in [0.5, 0.6) is 0 Å². The average molecular weight is 242 g/mol. The van der Waals surface area contributed by atoms with E-state index in [-0.39, 0.29) is 0 Å². The zero-order chi connectivity index (χ0) is 13.0. The predicted molar refractivity (Wildman–Crippen MR) is 78.8 cm³/mol. The molecule has 0 saturated carbocycles. The van der Waals surface area contributed by atoms with E-state index in [2.05, 4.69) is 48.6 Å². The summed E-state index contributed by atoms with van der Waals surface area (Å²) in [6, 6.07) is 13.7. The lowest BCUT2D eigenvalue weighted by Crippen LogP contribution is -2.17. The third-order valence-corrected chi connectivity index (χ3v) is 3.47. The van der Waals surface area contributed by atoms with Crippen LogP contribution >= 0.6 is 0 Å².